The molecule has 1 aromatic heterocycles. The zero-order valence-electron chi connectivity index (χ0n) is 17.7. The van der Waals surface area contributed by atoms with Crippen LogP contribution >= 0.6 is 0 Å². The second kappa shape index (κ2) is 7.86. The van der Waals surface area contributed by atoms with E-state index in [0.717, 1.165) is 10.5 Å². The third kappa shape index (κ3) is 3.21. The van der Waals surface area contributed by atoms with Gasteiger partial charge in [0, 0.05) is 12.1 Å². The van der Waals surface area contributed by atoms with E-state index in [9.17, 15) is 14.4 Å². The molecular weight excluding hydrogens is 420 g/mol. The Morgan fingerprint density at radius 3 is 2.21 bits per heavy atom. The van der Waals surface area contributed by atoms with E-state index in [1.807, 2.05) is 19.1 Å². The van der Waals surface area contributed by atoms with Crippen molar-refractivity contribution in [2.45, 2.75) is 19.0 Å². The van der Waals surface area contributed by atoms with Crippen LogP contribution in [0.1, 0.15) is 28.4 Å². The lowest BCUT2D eigenvalue weighted by Gasteiger charge is -2.27. The summed E-state index contributed by atoms with van der Waals surface area (Å²) in [5, 5.41) is 11.6. The molecule has 0 radical (unpaired) electrons. The molecule has 0 aliphatic carbocycles. The summed E-state index contributed by atoms with van der Waals surface area (Å²) in [6, 6.07) is 22.1. The predicted octanol–water partition coefficient (Wildman–Crippen LogP) is 2.59. The lowest BCUT2D eigenvalue weighted by Crippen LogP contribution is -2.49. The first kappa shape index (κ1) is 20.4. The highest BCUT2D eigenvalue weighted by atomic mass is 16.2. The van der Waals surface area contributed by atoms with E-state index >= 15 is 0 Å². The second-order valence-electron chi connectivity index (χ2n) is 7.60. The Labute approximate surface area is 189 Å². The van der Waals surface area contributed by atoms with Crippen molar-refractivity contribution in [3.05, 3.63) is 95.6 Å². The van der Waals surface area contributed by atoms with Crippen molar-refractivity contribution in [1.29, 1.82) is 0 Å². The standard InChI is InChI=1S/C24H20N6O3/c1-2-29-20-14-13-16(15-19(20)26-28-29)21(31)27-30-22(32)24(25-23(30)33,17-9-5-3-6-10-17)18-11-7-4-8-12-18/h3-15H,2H2,1H3,(H,25,33)(H,27,31). The van der Waals surface area contributed by atoms with Crippen LogP contribution in [0.3, 0.4) is 0 Å². The number of fused-ring (bicyclic) bond motifs is 1. The number of urea groups is 1. The average Bonchev–Trinajstić information content (AvgIpc) is 3.39. The van der Waals surface area contributed by atoms with E-state index in [1.165, 1.54) is 0 Å². The van der Waals surface area contributed by atoms with Crippen LogP contribution in [-0.2, 0) is 16.9 Å². The normalized spacial score (nSPS) is 15.0. The molecule has 2 N–H and O–H groups in total. The lowest BCUT2D eigenvalue weighted by molar-refractivity contribution is -0.131. The fourth-order valence-electron chi connectivity index (χ4n) is 4.08. The largest absolute Gasteiger partial charge is 0.344 e. The maximum atomic E-state index is 13.7. The summed E-state index contributed by atoms with van der Waals surface area (Å²) >= 11 is 0. The first-order chi connectivity index (χ1) is 16.0. The molecule has 9 heteroatoms. The first-order valence-electron chi connectivity index (χ1n) is 10.5. The van der Waals surface area contributed by atoms with E-state index in [2.05, 4.69) is 21.1 Å². The molecule has 0 bridgehead atoms. The van der Waals surface area contributed by atoms with Gasteiger partial charge in [0.1, 0.15) is 5.52 Å². The zero-order valence-corrected chi connectivity index (χ0v) is 17.7. The Morgan fingerprint density at radius 2 is 1.61 bits per heavy atom. The van der Waals surface area contributed by atoms with Crippen LogP contribution in [-0.4, -0.2) is 37.8 Å². The molecule has 4 amide bonds. The van der Waals surface area contributed by atoms with E-state index in [1.54, 1.807) is 71.4 Å². The summed E-state index contributed by atoms with van der Waals surface area (Å²) < 4.78 is 1.71. The minimum atomic E-state index is -1.46. The molecule has 0 saturated carbocycles. The molecule has 9 nitrogen and oxygen atoms in total. The van der Waals surface area contributed by atoms with Crippen LogP contribution < -0.4 is 10.7 Å². The second-order valence-corrected chi connectivity index (χ2v) is 7.60. The summed E-state index contributed by atoms with van der Waals surface area (Å²) in [6.07, 6.45) is 0. The molecule has 3 aromatic carbocycles. The third-order valence-corrected chi connectivity index (χ3v) is 5.72. The molecule has 0 spiro atoms. The molecular formula is C24H20N6O3. The van der Waals surface area contributed by atoms with Gasteiger partial charge in [-0.15, -0.1) is 5.10 Å². The van der Waals surface area contributed by atoms with Gasteiger partial charge in [-0.05, 0) is 36.2 Å². The van der Waals surface area contributed by atoms with E-state index in [-0.39, 0.29) is 5.56 Å². The highest BCUT2D eigenvalue weighted by Crippen LogP contribution is 2.35. The number of rotatable bonds is 5. The monoisotopic (exact) mass is 440 g/mol. The summed E-state index contributed by atoms with van der Waals surface area (Å²) in [6.45, 7) is 2.59. The van der Waals surface area contributed by atoms with Gasteiger partial charge in [-0.2, -0.15) is 5.01 Å². The maximum Gasteiger partial charge on any atom is 0.344 e. The van der Waals surface area contributed by atoms with Gasteiger partial charge in [0.15, 0.2) is 5.54 Å². The maximum absolute atomic E-state index is 13.7. The summed E-state index contributed by atoms with van der Waals surface area (Å²) in [5.41, 5.74) is 3.76. The van der Waals surface area contributed by atoms with Gasteiger partial charge in [-0.25, -0.2) is 9.48 Å². The van der Waals surface area contributed by atoms with Crippen molar-refractivity contribution >= 4 is 28.9 Å². The lowest BCUT2D eigenvalue weighted by atomic mass is 9.83. The van der Waals surface area contributed by atoms with Crippen LogP contribution in [0.4, 0.5) is 4.79 Å². The number of hydrogen-bond acceptors (Lipinski definition) is 5. The predicted molar refractivity (Wildman–Crippen MR) is 120 cm³/mol. The van der Waals surface area contributed by atoms with Crippen molar-refractivity contribution in [2.75, 3.05) is 0 Å². The van der Waals surface area contributed by atoms with Crippen LogP contribution in [0, 0.1) is 0 Å². The molecule has 5 rings (SSSR count). The number of amides is 4. The van der Waals surface area contributed by atoms with Gasteiger partial charge >= 0.3 is 6.03 Å². The van der Waals surface area contributed by atoms with Crippen LogP contribution in [0.15, 0.2) is 78.9 Å². The SMILES string of the molecule is CCn1nnc2cc(C(=O)NN3C(=O)NC(c4ccccc4)(c4ccccc4)C3=O)ccc21. The van der Waals surface area contributed by atoms with Crippen molar-refractivity contribution < 1.29 is 14.4 Å². The average molecular weight is 440 g/mol. The van der Waals surface area contributed by atoms with Crippen molar-refractivity contribution in [3.8, 4) is 0 Å². The number of nitrogens with one attached hydrogen (secondary N) is 2. The molecule has 33 heavy (non-hydrogen) atoms. The molecule has 4 aromatic rings. The molecule has 1 aliphatic rings. The van der Waals surface area contributed by atoms with Crippen LogP contribution in [0.25, 0.3) is 11.0 Å². The highest BCUT2D eigenvalue weighted by molar-refractivity contribution is 6.11. The molecule has 0 unspecified atom stereocenters. The fourth-order valence-corrected chi connectivity index (χ4v) is 4.08. The van der Waals surface area contributed by atoms with Crippen molar-refractivity contribution in [2.24, 2.45) is 0 Å². The number of aromatic nitrogens is 3. The smallest absolute Gasteiger partial charge is 0.314 e. The number of aryl methyl sites for hydroxylation is 1. The number of nitrogens with zero attached hydrogens (tertiary/aromatic N) is 4. The molecule has 1 fully saturated rings. The Kier molecular flexibility index (Phi) is 4.86. The molecule has 1 aliphatic heterocycles. The summed E-state index contributed by atoms with van der Waals surface area (Å²) in [4.78, 5) is 39.5. The fraction of sp³-hybridized carbons (Fsp3) is 0.125. The van der Waals surface area contributed by atoms with E-state index < -0.39 is 23.4 Å². The Bertz CT molecular complexity index is 1330. The zero-order chi connectivity index (χ0) is 23.0. The quantitative estimate of drug-likeness (QED) is 0.464. The number of imide groups is 1. The summed E-state index contributed by atoms with van der Waals surface area (Å²) in [5.74, 6) is -1.21. The highest BCUT2D eigenvalue weighted by Gasteiger charge is 2.54. The number of carbonyl (C=O) groups excluding carboxylic acids is 3. The molecule has 1 saturated heterocycles. The topological polar surface area (TPSA) is 109 Å². The Morgan fingerprint density at radius 1 is 0.970 bits per heavy atom. The molecule has 164 valence electrons. The van der Waals surface area contributed by atoms with E-state index in [0.29, 0.717) is 23.2 Å². The van der Waals surface area contributed by atoms with E-state index in [4.69, 9.17) is 0 Å². The van der Waals surface area contributed by atoms with Gasteiger partial charge in [0.2, 0.25) is 0 Å². The van der Waals surface area contributed by atoms with Gasteiger partial charge in [0.05, 0.1) is 5.52 Å². The van der Waals surface area contributed by atoms with Gasteiger partial charge in [0.25, 0.3) is 11.8 Å². The number of hydrazine groups is 1. The van der Waals surface area contributed by atoms with Gasteiger partial charge in [-0.3, -0.25) is 15.0 Å². The minimum Gasteiger partial charge on any atom is -0.314 e. The van der Waals surface area contributed by atoms with Crippen LogP contribution in [0.5, 0.6) is 0 Å². The first-order valence-corrected chi connectivity index (χ1v) is 10.5. The molecule has 2 heterocycles. The molecule has 0 atom stereocenters. The number of benzene rings is 3. The number of carbonyl (C=O) groups is 3. The Balaban J connectivity index is 1.49. The third-order valence-electron chi connectivity index (χ3n) is 5.72. The van der Waals surface area contributed by atoms with Gasteiger partial charge in [-0.1, -0.05) is 65.9 Å². The summed E-state index contributed by atoms with van der Waals surface area (Å²) in [7, 11) is 0. The minimum absolute atomic E-state index is 0.253. The Hall–Kier alpha value is -4.53. The van der Waals surface area contributed by atoms with Crippen LogP contribution in [0.2, 0.25) is 0 Å². The van der Waals surface area contributed by atoms with Gasteiger partial charge < -0.3 is 5.32 Å². The van der Waals surface area contributed by atoms with Crippen molar-refractivity contribution in [1.82, 2.24) is 30.7 Å². The number of hydrogen-bond donors (Lipinski definition) is 2. The van der Waals surface area contributed by atoms with Crippen molar-refractivity contribution in [3.63, 3.8) is 0 Å².